The summed E-state index contributed by atoms with van der Waals surface area (Å²) in [5.41, 5.74) is 0. The van der Waals surface area contributed by atoms with Crippen LogP contribution in [-0.2, 0) is 4.79 Å². The summed E-state index contributed by atoms with van der Waals surface area (Å²) in [7, 11) is 1.84. The maximum atomic E-state index is 11.0. The van der Waals surface area contributed by atoms with Crippen molar-refractivity contribution in [2.24, 2.45) is 0 Å². The van der Waals surface area contributed by atoms with E-state index < -0.39 is 0 Å². The minimum atomic E-state index is 0.0548. The van der Waals surface area contributed by atoms with Gasteiger partial charge < -0.3 is 5.32 Å². The summed E-state index contributed by atoms with van der Waals surface area (Å²) < 4.78 is 3.05. The number of ketones is 1. The number of nitrogens with one attached hydrogen (secondary N) is 2. The molecule has 0 aromatic rings. The Morgan fingerprint density at radius 2 is 2.17 bits per heavy atom. The third-order valence-corrected chi connectivity index (χ3v) is 2.39. The molecule has 0 radical (unpaired) electrons. The minimum absolute atomic E-state index is 0.0548. The zero-order chi connectivity index (χ0) is 9.40. The van der Waals surface area contributed by atoms with Crippen LogP contribution in [0.2, 0.25) is 0 Å². The van der Waals surface area contributed by atoms with Crippen molar-refractivity contribution in [2.75, 3.05) is 13.6 Å². The molecular weight excluding hydrogens is 267 g/mol. The van der Waals surface area contributed by atoms with Gasteiger partial charge in [0.05, 0.1) is 6.04 Å². The lowest BCUT2D eigenvalue weighted by atomic mass is 10.1. The maximum Gasteiger partial charge on any atom is 0.146 e. The lowest BCUT2D eigenvalue weighted by Gasteiger charge is -2.11. The molecule has 0 aliphatic carbocycles. The number of unbranched alkanes of at least 4 members (excludes halogenated alkanes) is 1. The molecule has 3 nitrogen and oxygen atoms in total. The van der Waals surface area contributed by atoms with E-state index in [0.717, 1.165) is 25.8 Å². The van der Waals surface area contributed by atoms with Crippen molar-refractivity contribution >= 4 is 28.6 Å². The standard InChI is InChI=1S/C8H17IN2O/c1-7(12)8(10-2)5-3-4-6-11-9/h8,10-11H,3-6H2,1-2H3. The molecule has 0 amide bonds. The molecule has 0 saturated heterocycles. The molecule has 0 aliphatic rings. The normalized spacial score (nSPS) is 12.9. The Balaban J connectivity index is 3.38. The topological polar surface area (TPSA) is 41.1 Å². The van der Waals surface area contributed by atoms with Gasteiger partial charge in [-0.3, -0.25) is 8.32 Å². The fraction of sp³-hybridized carbons (Fsp3) is 0.875. The van der Waals surface area contributed by atoms with E-state index in [1.807, 2.05) is 7.05 Å². The highest BCUT2D eigenvalue weighted by Gasteiger charge is 2.09. The molecule has 0 heterocycles. The molecule has 12 heavy (non-hydrogen) atoms. The van der Waals surface area contributed by atoms with Crippen molar-refractivity contribution in [3.05, 3.63) is 0 Å². The van der Waals surface area contributed by atoms with Gasteiger partial charge >= 0.3 is 0 Å². The quantitative estimate of drug-likeness (QED) is 0.420. The van der Waals surface area contributed by atoms with Crippen molar-refractivity contribution in [3.8, 4) is 0 Å². The summed E-state index contributed by atoms with van der Waals surface area (Å²) in [6, 6.07) is 0.0548. The van der Waals surface area contributed by atoms with E-state index in [-0.39, 0.29) is 11.8 Å². The summed E-state index contributed by atoms with van der Waals surface area (Å²) >= 11 is 2.13. The third-order valence-electron chi connectivity index (χ3n) is 1.85. The summed E-state index contributed by atoms with van der Waals surface area (Å²) in [4.78, 5) is 11.0. The summed E-state index contributed by atoms with van der Waals surface area (Å²) in [6.07, 6.45) is 3.18. The van der Waals surface area contributed by atoms with Crippen LogP contribution in [0.5, 0.6) is 0 Å². The number of hydrogen-bond acceptors (Lipinski definition) is 3. The van der Waals surface area contributed by atoms with Gasteiger partial charge in [0, 0.05) is 29.4 Å². The van der Waals surface area contributed by atoms with E-state index in [1.54, 1.807) is 6.92 Å². The molecule has 0 aromatic carbocycles. The Morgan fingerprint density at radius 1 is 1.50 bits per heavy atom. The molecule has 2 N–H and O–H groups in total. The van der Waals surface area contributed by atoms with Gasteiger partial charge in [-0.25, -0.2) is 0 Å². The number of Topliss-reactive ketones (excluding diaryl/α,β-unsaturated/α-hetero) is 1. The van der Waals surface area contributed by atoms with Gasteiger partial charge in [0.2, 0.25) is 0 Å². The van der Waals surface area contributed by atoms with E-state index in [9.17, 15) is 4.79 Å². The van der Waals surface area contributed by atoms with Gasteiger partial charge in [0.1, 0.15) is 5.78 Å². The number of hydrogen-bond donors (Lipinski definition) is 2. The molecule has 0 aromatic heterocycles. The van der Waals surface area contributed by atoms with Gasteiger partial charge in [-0.05, 0) is 26.8 Å². The van der Waals surface area contributed by atoms with Crippen molar-refractivity contribution in [1.82, 2.24) is 8.85 Å². The van der Waals surface area contributed by atoms with Crippen LogP contribution in [0.25, 0.3) is 0 Å². The highest BCUT2D eigenvalue weighted by molar-refractivity contribution is 14.1. The first-order chi connectivity index (χ1) is 5.72. The Hall–Kier alpha value is 0.320. The molecule has 0 fully saturated rings. The Morgan fingerprint density at radius 3 is 2.58 bits per heavy atom. The second-order valence-corrected chi connectivity index (χ2v) is 3.59. The average molecular weight is 284 g/mol. The van der Waals surface area contributed by atoms with Crippen LogP contribution >= 0.6 is 22.9 Å². The molecule has 1 atom stereocenters. The second-order valence-electron chi connectivity index (χ2n) is 2.83. The van der Waals surface area contributed by atoms with Crippen molar-refractivity contribution < 1.29 is 4.79 Å². The summed E-state index contributed by atoms with van der Waals surface area (Å²) in [5.74, 6) is 0.236. The number of carbonyl (C=O) groups is 1. The molecule has 0 aliphatic heterocycles. The van der Waals surface area contributed by atoms with Crippen LogP contribution in [0.15, 0.2) is 0 Å². The van der Waals surface area contributed by atoms with Crippen molar-refractivity contribution in [1.29, 1.82) is 0 Å². The third kappa shape index (κ3) is 5.91. The molecule has 1 unspecified atom stereocenters. The number of rotatable bonds is 7. The van der Waals surface area contributed by atoms with E-state index in [1.165, 1.54) is 0 Å². The fourth-order valence-corrected chi connectivity index (χ4v) is 1.47. The van der Waals surface area contributed by atoms with Crippen molar-refractivity contribution in [2.45, 2.75) is 32.2 Å². The highest BCUT2D eigenvalue weighted by atomic mass is 127. The molecule has 0 spiro atoms. The predicted octanol–water partition coefficient (Wildman–Crippen LogP) is 1.27. The molecule has 72 valence electrons. The van der Waals surface area contributed by atoms with Gasteiger partial charge in [-0.15, -0.1) is 0 Å². The van der Waals surface area contributed by atoms with Crippen LogP contribution in [0.1, 0.15) is 26.2 Å². The second kappa shape index (κ2) is 7.94. The van der Waals surface area contributed by atoms with Gasteiger partial charge in [-0.1, -0.05) is 6.42 Å². The van der Waals surface area contributed by atoms with Crippen LogP contribution in [0.3, 0.4) is 0 Å². The lowest BCUT2D eigenvalue weighted by Crippen LogP contribution is -2.32. The van der Waals surface area contributed by atoms with Gasteiger partial charge in [-0.2, -0.15) is 0 Å². The van der Waals surface area contributed by atoms with Gasteiger partial charge in [0.25, 0.3) is 0 Å². The first-order valence-corrected chi connectivity index (χ1v) is 5.31. The zero-order valence-corrected chi connectivity index (χ0v) is 9.85. The van der Waals surface area contributed by atoms with Crippen LogP contribution in [-0.4, -0.2) is 25.4 Å². The van der Waals surface area contributed by atoms with Gasteiger partial charge in [0.15, 0.2) is 0 Å². The molecule has 0 rings (SSSR count). The molecular formula is C8H17IN2O. The highest BCUT2D eigenvalue weighted by Crippen LogP contribution is 2.01. The Bertz CT molecular complexity index is 130. The average Bonchev–Trinajstić information content (AvgIpc) is 2.04. The van der Waals surface area contributed by atoms with E-state index >= 15 is 0 Å². The number of likely N-dealkylation sites (N-methyl/N-ethyl adjacent to an activating group) is 1. The van der Waals surface area contributed by atoms with Crippen LogP contribution < -0.4 is 8.85 Å². The van der Waals surface area contributed by atoms with E-state index in [4.69, 9.17) is 0 Å². The lowest BCUT2D eigenvalue weighted by molar-refractivity contribution is -0.119. The summed E-state index contributed by atoms with van der Waals surface area (Å²) in [6.45, 7) is 2.66. The molecule has 0 saturated carbocycles. The SMILES string of the molecule is CNC(CCCCNI)C(C)=O. The Labute approximate surface area is 88.2 Å². The Kier molecular flexibility index (Phi) is 8.15. The van der Waals surface area contributed by atoms with E-state index in [0.29, 0.717) is 0 Å². The molecule has 0 bridgehead atoms. The maximum absolute atomic E-state index is 11.0. The predicted molar refractivity (Wildman–Crippen MR) is 59.4 cm³/mol. The fourth-order valence-electron chi connectivity index (χ4n) is 1.09. The first kappa shape index (κ1) is 12.3. The largest absolute Gasteiger partial charge is 0.311 e. The number of halogens is 1. The summed E-state index contributed by atoms with van der Waals surface area (Å²) in [5, 5.41) is 3.01. The number of carbonyl (C=O) groups excluding carboxylic acids is 1. The minimum Gasteiger partial charge on any atom is -0.311 e. The molecule has 4 heteroatoms. The first-order valence-electron chi connectivity index (χ1n) is 4.23. The zero-order valence-electron chi connectivity index (χ0n) is 7.69. The van der Waals surface area contributed by atoms with Crippen LogP contribution in [0, 0.1) is 0 Å². The van der Waals surface area contributed by atoms with Crippen LogP contribution in [0.4, 0.5) is 0 Å². The van der Waals surface area contributed by atoms with Crippen molar-refractivity contribution in [3.63, 3.8) is 0 Å². The smallest absolute Gasteiger partial charge is 0.146 e. The monoisotopic (exact) mass is 284 g/mol. The van der Waals surface area contributed by atoms with E-state index in [2.05, 4.69) is 31.7 Å².